The number of rotatable bonds is 4. The average molecular weight is 282 g/mol. The summed E-state index contributed by atoms with van der Waals surface area (Å²) >= 11 is 1.34. The Balaban J connectivity index is 2.37. The molecule has 0 saturated carbocycles. The Hall–Kier alpha value is -1.89. The van der Waals surface area contributed by atoms with Gasteiger partial charge in [0.2, 0.25) is 0 Å². The molecule has 1 aromatic heterocycles. The summed E-state index contributed by atoms with van der Waals surface area (Å²) in [6, 6.07) is 5.25. The lowest BCUT2D eigenvalue weighted by atomic mass is 10.3. The van der Waals surface area contributed by atoms with Gasteiger partial charge in [-0.05, 0) is 18.4 Å². The van der Waals surface area contributed by atoms with Gasteiger partial charge in [-0.25, -0.2) is 18.7 Å². The highest BCUT2D eigenvalue weighted by molar-refractivity contribution is 7.98. The molecule has 0 spiro atoms. The molecule has 2 rings (SSSR count). The van der Waals surface area contributed by atoms with Gasteiger partial charge in [0.25, 0.3) is 0 Å². The van der Waals surface area contributed by atoms with Crippen molar-refractivity contribution < 1.29 is 8.78 Å². The van der Waals surface area contributed by atoms with Crippen molar-refractivity contribution in [3.8, 4) is 0 Å². The number of nitrogens with zero attached hydrogens (tertiary/aromatic N) is 2. The summed E-state index contributed by atoms with van der Waals surface area (Å²) in [5, 5.41) is 6.01. The molecule has 0 radical (unpaired) electrons. The Morgan fingerprint density at radius 2 is 1.74 bits per heavy atom. The van der Waals surface area contributed by atoms with Gasteiger partial charge >= 0.3 is 0 Å². The van der Waals surface area contributed by atoms with Crippen LogP contribution in [-0.4, -0.2) is 23.3 Å². The number of halogens is 2. The molecule has 0 fully saturated rings. The molecule has 0 unspecified atom stereocenters. The maximum atomic E-state index is 13.5. The molecule has 0 atom stereocenters. The van der Waals surface area contributed by atoms with E-state index in [1.807, 2.05) is 6.26 Å². The summed E-state index contributed by atoms with van der Waals surface area (Å²) in [4.78, 5) is 8.31. The molecule has 4 nitrogen and oxygen atoms in total. The van der Waals surface area contributed by atoms with Gasteiger partial charge in [0.1, 0.15) is 29.0 Å². The van der Waals surface area contributed by atoms with Crippen molar-refractivity contribution in [1.82, 2.24) is 9.97 Å². The van der Waals surface area contributed by atoms with Crippen molar-refractivity contribution in [1.29, 1.82) is 0 Å². The summed E-state index contributed by atoms with van der Waals surface area (Å²) < 4.78 is 27.1. The third-order valence-electron chi connectivity index (χ3n) is 2.36. The summed E-state index contributed by atoms with van der Waals surface area (Å²) in [5.74, 6) is -0.447. The molecule has 0 amide bonds. The van der Waals surface area contributed by atoms with Crippen LogP contribution in [0.15, 0.2) is 29.4 Å². The van der Waals surface area contributed by atoms with Crippen LogP contribution in [0.1, 0.15) is 0 Å². The van der Waals surface area contributed by atoms with E-state index in [9.17, 15) is 8.78 Å². The SMILES string of the molecule is CNc1cc(Nc2c(F)cccc2F)nc(SC)n1. The lowest BCUT2D eigenvalue weighted by Crippen LogP contribution is -2.03. The van der Waals surface area contributed by atoms with E-state index >= 15 is 0 Å². The average Bonchev–Trinajstić information content (AvgIpc) is 2.42. The van der Waals surface area contributed by atoms with Gasteiger partial charge < -0.3 is 10.6 Å². The third kappa shape index (κ3) is 3.11. The zero-order chi connectivity index (χ0) is 13.8. The van der Waals surface area contributed by atoms with Crippen molar-refractivity contribution in [2.24, 2.45) is 0 Å². The maximum Gasteiger partial charge on any atom is 0.191 e. The molecule has 2 N–H and O–H groups in total. The molecule has 7 heteroatoms. The van der Waals surface area contributed by atoms with Crippen LogP contribution >= 0.6 is 11.8 Å². The van der Waals surface area contributed by atoms with Crippen LogP contribution in [0.25, 0.3) is 0 Å². The molecule has 2 aromatic rings. The number of hydrogen-bond acceptors (Lipinski definition) is 5. The van der Waals surface area contributed by atoms with E-state index < -0.39 is 11.6 Å². The largest absolute Gasteiger partial charge is 0.373 e. The van der Waals surface area contributed by atoms with E-state index in [0.29, 0.717) is 16.8 Å². The van der Waals surface area contributed by atoms with Crippen molar-refractivity contribution in [3.63, 3.8) is 0 Å². The molecule has 0 saturated heterocycles. The normalized spacial score (nSPS) is 10.3. The summed E-state index contributed by atoms with van der Waals surface area (Å²) in [5.41, 5.74) is -0.227. The quantitative estimate of drug-likeness (QED) is 0.666. The predicted octanol–water partition coefficient (Wildman–Crippen LogP) is 3.26. The second kappa shape index (κ2) is 5.83. The van der Waals surface area contributed by atoms with Crippen molar-refractivity contribution in [2.75, 3.05) is 23.9 Å². The minimum atomic E-state index is -0.671. The van der Waals surface area contributed by atoms with Crippen LogP contribution in [0.2, 0.25) is 0 Å². The topological polar surface area (TPSA) is 49.8 Å². The Morgan fingerprint density at radius 1 is 1.11 bits per heavy atom. The predicted molar refractivity (Wildman–Crippen MR) is 73.0 cm³/mol. The fourth-order valence-electron chi connectivity index (χ4n) is 1.45. The van der Waals surface area contributed by atoms with Gasteiger partial charge in [-0.3, -0.25) is 0 Å². The van der Waals surface area contributed by atoms with Gasteiger partial charge in [0, 0.05) is 13.1 Å². The number of anilines is 3. The van der Waals surface area contributed by atoms with E-state index in [2.05, 4.69) is 20.6 Å². The Morgan fingerprint density at radius 3 is 2.32 bits per heavy atom. The first-order chi connectivity index (χ1) is 9.13. The number of hydrogen-bond donors (Lipinski definition) is 2. The smallest absolute Gasteiger partial charge is 0.191 e. The number of thioether (sulfide) groups is 1. The highest BCUT2D eigenvalue weighted by Crippen LogP contribution is 2.24. The van der Waals surface area contributed by atoms with Gasteiger partial charge in [-0.2, -0.15) is 0 Å². The highest BCUT2D eigenvalue weighted by atomic mass is 32.2. The molecule has 0 aliphatic heterocycles. The first kappa shape index (κ1) is 13.5. The van der Waals surface area contributed by atoms with Crippen LogP contribution in [0.3, 0.4) is 0 Å². The molecule has 100 valence electrons. The van der Waals surface area contributed by atoms with Crippen LogP contribution in [0.5, 0.6) is 0 Å². The van der Waals surface area contributed by atoms with E-state index in [1.165, 1.54) is 30.0 Å². The van der Waals surface area contributed by atoms with Crippen molar-refractivity contribution in [3.05, 3.63) is 35.9 Å². The standard InChI is InChI=1S/C12H12F2N4S/c1-15-9-6-10(18-12(17-9)19-2)16-11-7(13)4-3-5-8(11)14/h3-6H,1-2H3,(H2,15,16,17,18). The van der Waals surface area contributed by atoms with E-state index in [1.54, 1.807) is 13.1 Å². The molecule has 1 heterocycles. The molecular weight excluding hydrogens is 270 g/mol. The lowest BCUT2D eigenvalue weighted by molar-refractivity contribution is 0.590. The molecular formula is C12H12F2N4S. The molecule has 0 bridgehead atoms. The van der Waals surface area contributed by atoms with Crippen LogP contribution < -0.4 is 10.6 Å². The first-order valence-corrected chi connectivity index (χ1v) is 6.68. The minimum Gasteiger partial charge on any atom is -0.373 e. The Bertz CT molecular complexity index is 549. The molecule has 0 aliphatic rings. The van der Waals surface area contributed by atoms with E-state index in [0.717, 1.165) is 0 Å². The summed E-state index contributed by atoms with van der Waals surface area (Å²) in [6.45, 7) is 0. The summed E-state index contributed by atoms with van der Waals surface area (Å²) in [7, 11) is 1.71. The third-order valence-corrected chi connectivity index (χ3v) is 2.91. The molecule has 0 aliphatic carbocycles. The number of nitrogens with one attached hydrogen (secondary N) is 2. The van der Waals surface area contributed by atoms with Gasteiger partial charge in [-0.1, -0.05) is 17.8 Å². The van der Waals surface area contributed by atoms with Gasteiger partial charge in [0.05, 0.1) is 0 Å². The fourth-order valence-corrected chi connectivity index (χ4v) is 1.83. The number of aromatic nitrogens is 2. The van der Waals surface area contributed by atoms with Crippen LogP contribution in [-0.2, 0) is 0 Å². The van der Waals surface area contributed by atoms with E-state index in [-0.39, 0.29) is 5.69 Å². The lowest BCUT2D eigenvalue weighted by Gasteiger charge is -2.10. The monoisotopic (exact) mass is 282 g/mol. The minimum absolute atomic E-state index is 0.227. The fraction of sp³-hybridized carbons (Fsp3) is 0.167. The maximum absolute atomic E-state index is 13.5. The Kier molecular flexibility index (Phi) is 4.16. The summed E-state index contributed by atoms with van der Waals surface area (Å²) in [6.07, 6.45) is 1.82. The number of benzene rings is 1. The second-order valence-electron chi connectivity index (χ2n) is 3.60. The van der Waals surface area contributed by atoms with E-state index in [4.69, 9.17) is 0 Å². The zero-order valence-electron chi connectivity index (χ0n) is 10.4. The van der Waals surface area contributed by atoms with Crippen LogP contribution in [0.4, 0.5) is 26.1 Å². The zero-order valence-corrected chi connectivity index (χ0v) is 11.2. The van der Waals surface area contributed by atoms with Gasteiger partial charge in [0.15, 0.2) is 5.16 Å². The highest BCUT2D eigenvalue weighted by Gasteiger charge is 2.10. The van der Waals surface area contributed by atoms with Crippen LogP contribution in [0, 0.1) is 11.6 Å². The molecule has 19 heavy (non-hydrogen) atoms. The van der Waals surface area contributed by atoms with Crippen molar-refractivity contribution >= 4 is 29.1 Å². The van der Waals surface area contributed by atoms with Gasteiger partial charge in [-0.15, -0.1) is 0 Å². The second-order valence-corrected chi connectivity index (χ2v) is 4.37. The van der Waals surface area contributed by atoms with Crippen molar-refractivity contribution in [2.45, 2.75) is 5.16 Å². The Labute approximate surface area is 113 Å². The molecule has 1 aromatic carbocycles. The first-order valence-electron chi connectivity index (χ1n) is 5.46. The number of para-hydroxylation sites is 1.